The molecule has 6 rings (SSSR count). The molecule has 5 aromatic heterocycles. The zero-order chi connectivity index (χ0) is 28.4. The number of pyridine rings is 3. The van der Waals surface area contributed by atoms with Gasteiger partial charge in [0, 0.05) is 48.1 Å². The SMILES string of the molecule is C=C(Cc1ccccc1)Nc1cncc(-c2cc(C(C)(C)c3nc4nccc(-c5ccsc5)c4[nH]3)c(NC)cn2)c1. The van der Waals surface area contributed by atoms with E-state index in [4.69, 9.17) is 9.97 Å². The molecule has 204 valence electrons. The number of imidazole rings is 1. The van der Waals surface area contributed by atoms with E-state index in [2.05, 4.69) is 87.1 Å². The van der Waals surface area contributed by atoms with Crippen molar-refractivity contribution in [3.8, 4) is 22.4 Å². The van der Waals surface area contributed by atoms with Gasteiger partial charge in [0.15, 0.2) is 5.65 Å². The molecule has 3 N–H and O–H groups in total. The minimum atomic E-state index is -0.476. The van der Waals surface area contributed by atoms with Gasteiger partial charge in [-0.3, -0.25) is 9.97 Å². The maximum absolute atomic E-state index is 4.95. The number of nitrogens with zero attached hydrogens (tertiary/aromatic N) is 4. The van der Waals surface area contributed by atoms with Gasteiger partial charge in [-0.1, -0.05) is 36.9 Å². The number of thiophene rings is 1. The largest absolute Gasteiger partial charge is 0.387 e. The zero-order valence-electron chi connectivity index (χ0n) is 23.3. The van der Waals surface area contributed by atoms with Crippen molar-refractivity contribution >= 4 is 33.9 Å². The van der Waals surface area contributed by atoms with Crippen LogP contribution in [-0.4, -0.2) is 32.0 Å². The summed E-state index contributed by atoms with van der Waals surface area (Å²) >= 11 is 1.68. The van der Waals surface area contributed by atoms with E-state index in [0.717, 1.165) is 62.8 Å². The Morgan fingerprint density at radius 3 is 2.63 bits per heavy atom. The lowest BCUT2D eigenvalue weighted by atomic mass is 9.82. The molecular formula is C33H31N7S. The van der Waals surface area contributed by atoms with Crippen LogP contribution in [-0.2, 0) is 11.8 Å². The molecule has 8 heteroatoms. The zero-order valence-corrected chi connectivity index (χ0v) is 24.1. The molecule has 0 saturated carbocycles. The number of H-pyrrole nitrogens is 1. The van der Waals surface area contributed by atoms with Crippen molar-refractivity contribution in [1.82, 2.24) is 24.9 Å². The van der Waals surface area contributed by atoms with E-state index in [1.807, 2.05) is 49.9 Å². The van der Waals surface area contributed by atoms with E-state index in [1.165, 1.54) is 5.56 Å². The monoisotopic (exact) mass is 557 g/mol. The van der Waals surface area contributed by atoms with Gasteiger partial charge >= 0.3 is 0 Å². The molecule has 7 nitrogen and oxygen atoms in total. The summed E-state index contributed by atoms with van der Waals surface area (Å²) in [6, 6.07) is 18.6. The van der Waals surface area contributed by atoms with Crippen LogP contribution < -0.4 is 10.6 Å². The molecule has 0 unspecified atom stereocenters. The fraction of sp³-hybridized carbons (Fsp3) is 0.152. The quantitative estimate of drug-likeness (QED) is 0.169. The van der Waals surface area contributed by atoms with Gasteiger partial charge in [-0.2, -0.15) is 11.3 Å². The normalized spacial score (nSPS) is 11.5. The number of hydrogen-bond donors (Lipinski definition) is 3. The van der Waals surface area contributed by atoms with Crippen molar-refractivity contribution < 1.29 is 0 Å². The van der Waals surface area contributed by atoms with Gasteiger partial charge in [0.2, 0.25) is 0 Å². The maximum Gasteiger partial charge on any atom is 0.178 e. The van der Waals surface area contributed by atoms with Crippen LogP contribution in [0, 0.1) is 0 Å². The smallest absolute Gasteiger partial charge is 0.178 e. The summed E-state index contributed by atoms with van der Waals surface area (Å²) in [6.45, 7) is 8.54. The maximum atomic E-state index is 4.95. The Balaban J connectivity index is 1.33. The molecule has 0 amide bonds. The van der Waals surface area contributed by atoms with Crippen LogP contribution in [0.25, 0.3) is 33.5 Å². The average molecular weight is 558 g/mol. The van der Waals surface area contributed by atoms with Gasteiger partial charge < -0.3 is 15.6 Å². The van der Waals surface area contributed by atoms with Crippen molar-refractivity contribution in [3.63, 3.8) is 0 Å². The minimum Gasteiger partial charge on any atom is -0.387 e. The molecule has 0 spiro atoms. The summed E-state index contributed by atoms with van der Waals surface area (Å²) in [4.78, 5) is 22.4. The summed E-state index contributed by atoms with van der Waals surface area (Å²) in [6.07, 6.45) is 8.07. The predicted octanol–water partition coefficient (Wildman–Crippen LogP) is 7.68. The number of nitrogens with one attached hydrogen (secondary N) is 3. The number of aromatic nitrogens is 5. The van der Waals surface area contributed by atoms with E-state index in [0.29, 0.717) is 5.65 Å². The minimum absolute atomic E-state index is 0.476. The second-order valence-electron chi connectivity index (χ2n) is 10.5. The summed E-state index contributed by atoms with van der Waals surface area (Å²) in [5.74, 6) is 0.835. The molecule has 0 saturated heterocycles. The first-order chi connectivity index (χ1) is 19.9. The van der Waals surface area contributed by atoms with Crippen LogP contribution >= 0.6 is 11.3 Å². The molecule has 0 radical (unpaired) electrons. The summed E-state index contributed by atoms with van der Waals surface area (Å²) in [5, 5.41) is 11.0. The molecular weight excluding hydrogens is 526 g/mol. The Bertz CT molecular complexity index is 1820. The van der Waals surface area contributed by atoms with Crippen LogP contribution in [0.4, 0.5) is 11.4 Å². The highest BCUT2D eigenvalue weighted by molar-refractivity contribution is 7.08. The molecule has 1 aromatic carbocycles. The summed E-state index contributed by atoms with van der Waals surface area (Å²) in [7, 11) is 1.91. The van der Waals surface area contributed by atoms with Gasteiger partial charge in [0.05, 0.1) is 35.0 Å². The number of aromatic amines is 1. The van der Waals surface area contributed by atoms with Crippen molar-refractivity contribution in [1.29, 1.82) is 0 Å². The van der Waals surface area contributed by atoms with E-state index in [1.54, 1.807) is 17.5 Å². The highest BCUT2D eigenvalue weighted by Crippen LogP contribution is 2.38. The Morgan fingerprint density at radius 2 is 1.85 bits per heavy atom. The molecule has 0 aliphatic carbocycles. The number of hydrogen-bond acceptors (Lipinski definition) is 7. The molecule has 0 bridgehead atoms. The second-order valence-corrected chi connectivity index (χ2v) is 11.3. The topological polar surface area (TPSA) is 91.4 Å². The standard InChI is InChI=1S/C33H31N7S/c1-21(14-22-8-6-5-7-9-22)38-25-15-24(17-35-18-25)28-16-27(29(34-4)19-37-28)33(2,3)32-39-30-26(23-11-13-41-20-23)10-12-36-31(30)40-32/h5-13,15-20,34,38H,1,14H2,2-4H3,(H,36,39,40). The Kier molecular flexibility index (Phi) is 7.07. The Morgan fingerprint density at radius 1 is 1.00 bits per heavy atom. The summed E-state index contributed by atoms with van der Waals surface area (Å²) < 4.78 is 0. The molecule has 41 heavy (non-hydrogen) atoms. The highest BCUT2D eigenvalue weighted by Gasteiger charge is 2.31. The number of allylic oxidation sites excluding steroid dienone is 1. The van der Waals surface area contributed by atoms with Gasteiger partial charge in [0.25, 0.3) is 0 Å². The molecule has 5 heterocycles. The van der Waals surface area contributed by atoms with E-state index in [-0.39, 0.29) is 0 Å². The lowest BCUT2D eigenvalue weighted by molar-refractivity contribution is 0.602. The summed E-state index contributed by atoms with van der Waals surface area (Å²) in [5.41, 5.74) is 10.1. The first-order valence-electron chi connectivity index (χ1n) is 13.4. The molecule has 6 aromatic rings. The number of benzene rings is 1. The van der Waals surface area contributed by atoms with Crippen LogP contribution in [0.15, 0.2) is 102 Å². The third kappa shape index (κ3) is 5.34. The number of fused-ring (bicyclic) bond motifs is 1. The van der Waals surface area contributed by atoms with Crippen LogP contribution in [0.2, 0.25) is 0 Å². The lowest BCUT2D eigenvalue weighted by Gasteiger charge is -2.26. The van der Waals surface area contributed by atoms with Crippen molar-refractivity contribution in [2.24, 2.45) is 0 Å². The fourth-order valence-corrected chi connectivity index (χ4v) is 5.72. The number of rotatable bonds is 9. The van der Waals surface area contributed by atoms with Gasteiger partial charge in [-0.25, -0.2) is 9.97 Å². The Labute approximate surface area is 243 Å². The van der Waals surface area contributed by atoms with Crippen molar-refractivity contribution in [2.75, 3.05) is 17.7 Å². The number of anilines is 2. The van der Waals surface area contributed by atoms with Crippen molar-refractivity contribution in [2.45, 2.75) is 25.7 Å². The fourth-order valence-electron chi connectivity index (χ4n) is 5.06. The van der Waals surface area contributed by atoms with Crippen LogP contribution in [0.3, 0.4) is 0 Å². The van der Waals surface area contributed by atoms with Crippen molar-refractivity contribution in [3.05, 3.63) is 119 Å². The molecule has 0 atom stereocenters. The van der Waals surface area contributed by atoms with Gasteiger partial charge in [-0.05, 0) is 65.6 Å². The third-order valence-corrected chi connectivity index (χ3v) is 7.96. The third-order valence-electron chi connectivity index (χ3n) is 7.28. The Hall–Kier alpha value is -4.82. The lowest BCUT2D eigenvalue weighted by Crippen LogP contribution is -2.22. The van der Waals surface area contributed by atoms with Crippen LogP contribution in [0.5, 0.6) is 0 Å². The van der Waals surface area contributed by atoms with E-state index < -0.39 is 5.41 Å². The predicted molar refractivity (Wildman–Crippen MR) is 169 cm³/mol. The molecule has 0 aliphatic rings. The van der Waals surface area contributed by atoms with E-state index >= 15 is 0 Å². The van der Waals surface area contributed by atoms with E-state index in [9.17, 15) is 0 Å². The second kappa shape index (κ2) is 11.0. The van der Waals surface area contributed by atoms with Gasteiger partial charge in [0.1, 0.15) is 5.82 Å². The first-order valence-corrected chi connectivity index (χ1v) is 14.4. The first kappa shape index (κ1) is 26.4. The average Bonchev–Trinajstić information content (AvgIpc) is 3.68. The molecule has 0 fully saturated rings. The van der Waals surface area contributed by atoms with Crippen LogP contribution in [0.1, 0.15) is 30.8 Å². The molecule has 0 aliphatic heterocycles. The highest BCUT2D eigenvalue weighted by atomic mass is 32.1. The van der Waals surface area contributed by atoms with Gasteiger partial charge in [-0.15, -0.1) is 0 Å².